The third-order valence-corrected chi connectivity index (χ3v) is 4.65. The first-order valence-corrected chi connectivity index (χ1v) is 6.60. The summed E-state index contributed by atoms with van der Waals surface area (Å²) in [4.78, 5) is 1.49. The van der Waals surface area contributed by atoms with Crippen LogP contribution in [0.4, 0.5) is 0 Å². The molecule has 2 aliphatic heterocycles. The van der Waals surface area contributed by atoms with Gasteiger partial charge in [-0.25, -0.2) is 0 Å². The largest absolute Gasteiger partial charge is 0.379 e. The van der Waals surface area contributed by atoms with E-state index >= 15 is 0 Å². The van der Waals surface area contributed by atoms with Gasteiger partial charge in [-0.2, -0.15) is 0 Å². The summed E-state index contributed by atoms with van der Waals surface area (Å²) in [6.45, 7) is 4.08. The minimum absolute atomic E-state index is 0.289. The van der Waals surface area contributed by atoms with Crippen LogP contribution in [-0.2, 0) is 16.6 Å². The van der Waals surface area contributed by atoms with E-state index in [9.17, 15) is 0 Å². The minimum Gasteiger partial charge on any atom is -0.379 e. The molecule has 0 radical (unpaired) electrons. The van der Waals surface area contributed by atoms with Crippen LogP contribution in [0.3, 0.4) is 0 Å². The molecule has 15 heavy (non-hydrogen) atoms. The fourth-order valence-corrected chi connectivity index (χ4v) is 3.33. The molecule has 0 aliphatic carbocycles. The highest BCUT2D eigenvalue weighted by molar-refractivity contribution is 7.99. The van der Waals surface area contributed by atoms with Crippen molar-refractivity contribution in [3.8, 4) is 0 Å². The maximum atomic E-state index is 5.33. The lowest BCUT2D eigenvalue weighted by atomic mass is 9.80. The standard InChI is InChI=1S/C13H16OS/c1-13(8-14-9-13)11-4-5-12-10(7-11)3-2-6-15-12/h4-5,7H,2-3,6,8-9H2,1H3. The first kappa shape index (κ1) is 9.73. The Morgan fingerprint density at radius 3 is 2.93 bits per heavy atom. The van der Waals surface area contributed by atoms with Gasteiger partial charge in [0, 0.05) is 10.3 Å². The van der Waals surface area contributed by atoms with Crippen LogP contribution in [0.2, 0.25) is 0 Å². The lowest BCUT2D eigenvalue weighted by molar-refractivity contribution is -0.0500. The topological polar surface area (TPSA) is 9.23 Å². The van der Waals surface area contributed by atoms with E-state index in [4.69, 9.17) is 4.74 Å². The summed E-state index contributed by atoms with van der Waals surface area (Å²) >= 11 is 2.00. The van der Waals surface area contributed by atoms with E-state index in [1.54, 1.807) is 5.56 Å². The molecule has 2 heteroatoms. The van der Waals surface area contributed by atoms with E-state index in [1.807, 2.05) is 11.8 Å². The molecule has 2 heterocycles. The minimum atomic E-state index is 0.289. The number of ether oxygens (including phenoxy) is 1. The molecule has 0 saturated carbocycles. The van der Waals surface area contributed by atoms with Crippen molar-refractivity contribution < 1.29 is 4.74 Å². The zero-order valence-corrected chi connectivity index (χ0v) is 9.90. The van der Waals surface area contributed by atoms with Crippen LogP contribution in [0.15, 0.2) is 23.1 Å². The highest BCUT2D eigenvalue weighted by Gasteiger charge is 2.35. The molecule has 0 spiro atoms. The summed E-state index contributed by atoms with van der Waals surface area (Å²) in [5, 5.41) is 0. The zero-order valence-electron chi connectivity index (χ0n) is 9.08. The highest BCUT2D eigenvalue weighted by atomic mass is 32.2. The van der Waals surface area contributed by atoms with Gasteiger partial charge in [0.05, 0.1) is 13.2 Å². The Labute approximate surface area is 95.2 Å². The molecule has 0 bridgehead atoms. The maximum absolute atomic E-state index is 5.33. The van der Waals surface area contributed by atoms with Crippen molar-refractivity contribution in [2.75, 3.05) is 19.0 Å². The Hall–Kier alpha value is -0.470. The normalized spacial score (nSPS) is 23.0. The van der Waals surface area contributed by atoms with Crippen molar-refractivity contribution in [1.29, 1.82) is 0 Å². The Kier molecular flexibility index (Phi) is 2.29. The smallest absolute Gasteiger partial charge is 0.0582 e. The summed E-state index contributed by atoms with van der Waals surface area (Å²) in [5.74, 6) is 1.28. The van der Waals surface area contributed by atoms with Gasteiger partial charge in [-0.15, -0.1) is 11.8 Å². The average molecular weight is 220 g/mol. The number of fused-ring (bicyclic) bond motifs is 1. The van der Waals surface area contributed by atoms with E-state index in [-0.39, 0.29) is 5.41 Å². The molecule has 0 amide bonds. The summed E-state index contributed by atoms with van der Waals surface area (Å²) in [5.41, 5.74) is 3.31. The predicted molar refractivity (Wildman–Crippen MR) is 63.7 cm³/mol. The van der Waals surface area contributed by atoms with Gasteiger partial charge in [0.1, 0.15) is 0 Å². The lowest BCUT2D eigenvalue weighted by Gasteiger charge is -2.39. The van der Waals surface area contributed by atoms with Crippen LogP contribution >= 0.6 is 11.8 Å². The van der Waals surface area contributed by atoms with Gasteiger partial charge in [-0.1, -0.05) is 19.1 Å². The second kappa shape index (κ2) is 3.53. The molecule has 0 N–H and O–H groups in total. The molecule has 1 nitrogen and oxygen atoms in total. The number of thioether (sulfide) groups is 1. The molecule has 80 valence electrons. The van der Waals surface area contributed by atoms with Crippen LogP contribution in [-0.4, -0.2) is 19.0 Å². The first-order chi connectivity index (χ1) is 7.28. The van der Waals surface area contributed by atoms with Crippen LogP contribution in [0, 0.1) is 0 Å². The molecular weight excluding hydrogens is 204 g/mol. The summed E-state index contributed by atoms with van der Waals surface area (Å²) in [6, 6.07) is 7.00. The lowest BCUT2D eigenvalue weighted by Crippen LogP contribution is -2.43. The molecule has 3 rings (SSSR count). The van der Waals surface area contributed by atoms with Gasteiger partial charge in [-0.3, -0.25) is 0 Å². The monoisotopic (exact) mass is 220 g/mol. The molecule has 0 aromatic heterocycles. The summed E-state index contributed by atoms with van der Waals surface area (Å²) < 4.78 is 5.33. The van der Waals surface area contributed by atoms with Crippen molar-refractivity contribution in [3.63, 3.8) is 0 Å². The number of benzene rings is 1. The van der Waals surface area contributed by atoms with Gasteiger partial charge in [0.25, 0.3) is 0 Å². The quantitative estimate of drug-likeness (QED) is 0.719. The second-order valence-electron chi connectivity index (χ2n) is 4.83. The summed E-state index contributed by atoms with van der Waals surface area (Å²) in [7, 11) is 0. The van der Waals surface area contributed by atoms with Crippen molar-refractivity contribution >= 4 is 11.8 Å². The summed E-state index contributed by atoms with van der Waals surface area (Å²) in [6.07, 6.45) is 2.58. The molecule has 1 aromatic carbocycles. The maximum Gasteiger partial charge on any atom is 0.0582 e. The van der Waals surface area contributed by atoms with Crippen LogP contribution in [0.5, 0.6) is 0 Å². The van der Waals surface area contributed by atoms with E-state index in [0.29, 0.717) is 0 Å². The Morgan fingerprint density at radius 2 is 2.20 bits per heavy atom. The first-order valence-electron chi connectivity index (χ1n) is 5.62. The Bertz CT molecular complexity index is 382. The molecule has 0 unspecified atom stereocenters. The predicted octanol–water partition coefficient (Wildman–Crippen LogP) is 3.01. The molecule has 2 aliphatic rings. The molecule has 0 atom stereocenters. The van der Waals surface area contributed by atoms with Crippen molar-refractivity contribution in [2.24, 2.45) is 0 Å². The van der Waals surface area contributed by atoms with Gasteiger partial charge >= 0.3 is 0 Å². The molecular formula is C13H16OS. The molecule has 1 aromatic rings. The SMILES string of the molecule is CC1(c2ccc3c(c2)CCCS3)COC1. The highest BCUT2D eigenvalue weighted by Crippen LogP contribution is 2.36. The Morgan fingerprint density at radius 1 is 1.33 bits per heavy atom. The van der Waals surface area contributed by atoms with Gasteiger partial charge < -0.3 is 4.74 Å². The number of aryl methyl sites for hydroxylation is 1. The van der Waals surface area contributed by atoms with E-state index < -0.39 is 0 Å². The number of hydrogen-bond acceptors (Lipinski definition) is 2. The third-order valence-electron chi connectivity index (χ3n) is 3.45. The molecule has 1 saturated heterocycles. The number of rotatable bonds is 1. The third kappa shape index (κ3) is 1.60. The van der Waals surface area contributed by atoms with Gasteiger partial charge in [0.2, 0.25) is 0 Å². The fourth-order valence-electron chi connectivity index (χ4n) is 2.31. The van der Waals surface area contributed by atoms with Gasteiger partial charge in [0.15, 0.2) is 0 Å². The van der Waals surface area contributed by atoms with E-state index in [1.165, 1.54) is 29.1 Å². The number of hydrogen-bond donors (Lipinski definition) is 0. The van der Waals surface area contributed by atoms with E-state index in [0.717, 1.165) is 13.2 Å². The molecule has 1 fully saturated rings. The van der Waals surface area contributed by atoms with Crippen LogP contribution in [0.1, 0.15) is 24.5 Å². The van der Waals surface area contributed by atoms with E-state index in [2.05, 4.69) is 25.1 Å². The Balaban J connectivity index is 1.97. The van der Waals surface area contributed by atoms with Crippen molar-refractivity contribution in [1.82, 2.24) is 0 Å². The average Bonchev–Trinajstić information content (AvgIpc) is 2.25. The second-order valence-corrected chi connectivity index (χ2v) is 5.96. The van der Waals surface area contributed by atoms with Crippen molar-refractivity contribution in [2.45, 2.75) is 30.1 Å². The van der Waals surface area contributed by atoms with Gasteiger partial charge in [-0.05, 0) is 35.8 Å². The van der Waals surface area contributed by atoms with Crippen LogP contribution < -0.4 is 0 Å². The fraction of sp³-hybridized carbons (Fsp3) is 0.538. The van der Waals surface area contributed by atoms with Crippen molar-refractivity contribution in [3.05, 3.63) is 29.3 Å². The zero-order chi connectivity index (χ0) is 10.3. The van der Waals surface area contributed by atoms with Crippen LogP contribution in [0.25, 0.3) is 0 Å².